The summed E-state index contributed by atoms with van der Waals surface area (Å²) in [5.41, 5.74) is 7.35. The second-order valence-corrected chi connectivity index (χ2v) is 6.01. The average Bonchev–Trinajstić information content (AvgIpc) is 3.29. The first kappa shape index (κ1) is 13.6. The molecule has 3 N–H and O–H groups in total. The quantitative estimate of drug-likeness (QED) is 0.864. The molecule has 1 aromatic rings. The standard InChI is InChI=1S/C16H21NO3/c17-16(15(18)19,12-8-9-12)10-20-14-7-3-5-11-4-1-2-6-13(11)14/h1-2,4,6,12,14H,3,5,7-10,17H2,(H,18,19). The minimum Gasteiger partial charge on any atom is -0.480 e. The van der Waals surface area contributed by atoms with Gasteiger partial charge in [-0.3, -0.25) is 4.79 Å². The zero-order valence-electron chi connectivity index (χ0n) is 11.5. The molecule has 2 aliphatic carbocycles. The molecule has 2 aliphatic rings. The topological polar surface area (TPSA) is 72.5 Å². The van der Waals surface area contributed by atoms with Crippen molar-refractivity contribution in [1.29, 1.82) is 0 Å². The number of carboxylic acid groups (broad SMARTS) is 1. The molecule has 0 heterocycles. The first-order valence-corrected chi connectivity index (χ1v) is 7.33. The Balaban J connectivity index is 1.71. The van der Waals surface area contributed by atoms with Gasteiger partial charge >= 0.3 is 5.97 Å². The minimum atomic E-state index is -1.22. The monoisotopic (exact) mass is 275 g/mol. The lowest BCUT2D eigenvalue weighted by atomic mass is 9.89. The first-order valence-electron chi connectivity index (χ1n) is 7.33. The van der Waals surface area contributed by atoms with Crippen LogP contribution in [0.25, 0.3) is 0 Å². The Morgan fingerprint density at radius 1 is 1.35 bits per heavy atom. The number of nitrogens with two attached hydrogens (primary N) is 1. The van der Waals surface area contributed by atoms with E-state index in [9.17, 15) is 9.90 Å². The zero-order chi connectivity index (χ0) is 14.2. The molecule has 0 radical (unpaired) electrons. The molecule has 2 unspecified atom stereocenters. The van der Waals surface area contributed by atoms with Crippen LogP contribution in [0.1, 0.15) is 42.9 Å². The molecule has 2 atom stereocenters. The van der Waals surface area contributed by atoms with Gasteiger partial charge in [0.1, 0.15) is 5.54 Å². The summed E-state index contributed by atoms with van der Waals surface area (Å²) in [6.45, 7) is 0.103. The van der Waals surface area contributed by atoms with Crippen molar-refractivity contribution in [2.75, 3.05) is 6.61 Å². The van der Waals surface area contributed by atoms with Crippen molar-refractivity contribution in [2.45, 2.75) is 43.7 Å². The van der Waals surface area contributed by atoms with Crippen LogP contribution in [0.5, 0.6) is 0 Å². The number of rotatable bonds is 5. The van der Waals surface area contributed by atoms with Crippen LogP contribution in [0.15, 0.2) is 24.3 Å². The number of carboxylic acids is 1. The molecule has 4 nitrogen and oxygen atoms in total. The third kappa shape index (κ3) is 2.45. The molecule has 1 aromatic carbocycles. The summed E-state index contributed by atoms with van der Waals surface area (Å²) in [5, 5.41) is 9.36. The third-order valence-electron chi connectivity index (χ3n) is 4.54. The van der Waals surface area contributed by atoms with Crippen LogP contribution in [0.4, 0.5) is 0 Å². The number of carbonyl (C=O) groups is 1. The Hall–Kier alpha value is -1.39. The molecule has 0 saturated heterocycles. The van der Waals surface area contributed by atoms with Gasteiger partial charge in [0, 0.05) is 0 Å². The highest BCUT2D eigenvalue weighted by Crippen LogP contribution is 2.40. The van der Waals surface area contributed by atoms with Gasteiger partial charge in [0.25, 0.3) is 0 Å². The number of aryl methyl sites for hydroxylation is 1. The molecule has 1 fully saturated rings. The van der Waals surface area contributed by atoms with E-state index in [1.807, 2.05) is 12.1 Å². The maximum absolute atomic E-state index is 11.4. The van der Waals surface area contributed by atoms with Gasteiger partial charge in [-0.25, -0.2) is 0 Å². The maximum atomic E-state index is 11.4. The van der Waals surface area contributed by atoms with Crippen LogP contribution in [-0.2, 0) is 16.0 Å². The maximum Gasteiger partial charge on any atom is 0.326 e. The Morgan fingerprint density at radius 2 is 2.10 bits per heavy atom. The fourth-order valence-corrected chi connectivity index (χ4v) is 3.07. The molecular formula is C16H21NO3. The van der Waals surface area contributed by atoms with E-state index in [0.717, 1.165) is 32.1 Å². The van der Waals surface area contributed by atoms with Crippen LogP contribution < -0.4 is 5.73 Å². The van der Waals surface area contributed by atoms with Gasteiger partial charge in [-0.15, -0.1) is 0 Å². The van der Waals surface area contributed by atoms with Gasteiger partial charge in [-0.2, -0.15) is 0 Å². The molecule has 0 spiro atoms. The summed E-state index contributed by atoms with van der Waals surface area (Å²) >= 11 is 0. The minimum absolute atomic E-state index is 0.0130. The second-order valence-electron chi connectivity index (χ2n) is 6.01. The SMILES string of the molecule is NC(COC1CCCc2ccccc21)(C(=O)O)C1CC1. The van der Waals surface area contributed by atoms with Crippen LogP contribution in [-0.4, -0.2) is 23.2 Å². The highest BCUT2D eigenvalue weighted by atomic mass is 16.5. The number of benzene rings is 1. The fourth-order valence-electron chi connectivity index (χ4n) is 3.07. The van der Waals surface area contributed by atoms with Gasteiger partial charge in [-0.05, 0) is 49.1 Å². The molecule has 0 aliphatic heterocycles. The molecule has 108 valence electrons. The summed E-state index contributed by atoms with van der Waals surface area (Å²) in [7, 11) is 0. The predicted octanol–water partition coefficient (Wildman–Crippen LogP) is 2.27. The number of ether oxygens (including phenoxy) is 1. The van der Waals surface area contributed by atoms with Crippen LogP contribution in [0.2, 0.25) is 0 Å². The van der Waals surface area contributed by atoms with E-state index in [1.54, 1.807) is 0 Å². The lowest BCUT2D eigenvalue weighted by Gasteiger charge is -2.30. The highest BCUT2D eigenvalue weighted by molar-refractivity contribution is 5.79. The Morgan fingerprint density at radius 3 is 2.80 bits per heavy atom. The van der Waals surface area contributed by atoms with Gasteiger partial charge < -0.3 is 15.6 Å². The zero-order valence-corrected chi connectivity index (χ0v) is 11.5. The summed E-state index contributed by atoms with van der Waals surface area (Å²) in [5.74, 6) is -0.872. The molecule has 0 aromatic heterocycles. The summed E-state index contributed by atoms with van der Waals surface area (Å²) in [4.78, 5) is 11.4. The molecule has 4 heteroatoms. The van der Waals surface area contributed by atoms with E-state index >= 15 is 0 Å². The van der Waals surface area contributed by atoms with Crippen LogP contribution >= 0.6 is 0 Å². The summed E-state index contributed by atoms with van der Waals surface area (Å²) < 4.78 is 5.93. The number of hydrogen-bond acceptors (Lipinski definition) is 3. The lowest BCUT2D eigenvalue weighted by Crippen LogP contribution is -2.54. The van der Waals surface area contributed by atoms with Crippen molar-refractivity contribution in [3.8, 4) is 0 Å². The van der Waals surface area contributed by atoms with Crippen molar-refractivity contribution in [3.63, 3.8) is 0 Å². The van der Waals surface area contributed by atoms with Gasteiger partial charge in [-0.1, -0.05) is 24.3 Å². The molecule has 0 bridgehead atoms. The second kappa shape index (κ2) is 5.19. The number of aliphatic carboxylic acids is 1. The Labute approximate surface area is 118 Å². The van der Waals surface area contributed by atoms with E-state index in [1.165, 1.54) is 11.1 Å². The predicted molar refractivity (Wildman–Crippen MR) is 75.4 cm³/mol. The van der Waals surface area contributed by atoms with Crippen LogP contribution in [0.3, 0.4) is 0 Å². The first-order chi connectivity index (χ1) is 9.61. The van der Waals surface area contributed by atoms with E-state index in [-0.39, 0.29) is 18.6 Å². The molecule has 3 rings (SSSR count). The van der Waals surface area contributed by atoms with Crippen molar-refractivity contribution in [3.05, 3.63) is 35.4 Å². The molecular weight excluding hydrogens is 254 g/mol. The van der Waals surface area contributed by atoms with E-state index in [2.05, 4.69) is 12.1 Å². The number of fused-ring (bicyclic) bond motifs is 1. The van der Waals surface area contributed by atoms with Gasteiger partial charge in [0.2, 0.25) is 0 Å². The largest absolute Gasteiger partial charge is 0.480 e. The van der Waals surface area contributed by atoms with Crippen LogP contribution in [0, 0.1) is 5.92 Å². The van der Waals surface area contributed by atoms with Crippen molar-refractivity contribution in [1.82, 2.24) is 0 Å². The average molecular weight is 275 g/mol. The highest BCUT2D eigenvalue weighted by Gasteiger charge is 2.49. The van der Waals surface area contributed by atoms with Crippen molar-refractivity contribution < 1.29 is 14.6 Å². The van der Waals surface area contributed by atoms with E-state index < -0.39 is 11.5 Å². The fraction of sp³-hybridized carbons (Fsp3) is 0.562. The summed E-state index contributed by atoms with van der Waals surface area (Å²) in [6.07, 6.45) is 4.88. The van der Waals surface area contributed by atoms with E-state index in [4.69, 9.17) is 10.5 Å². The third-order valence-corrected chi connectivity index (χ3v) is 4.54. The summed E-state index contributed by atoms with van der Waals surface area (Å²) in [6, 6.07) is 8.25. The van der Waals surface area contributed by atoms with E-state index in [0.29, 0.717) is 0 Å². The smallest absolute Gasteiger partial charge is 0.326 e. The Bertz CT molecular complexity index is 512. The van der Waals surface area contributed by atoms with Gasteiger partial charge in [0.15, 0.2) is 0 Å². The normalized spacial score (nSPS) is 24.8. The molecule has 1 saturated carbocycles. The van der Waals surface area contributed by atoms with Crippen molar-refractivity contribution in [2.24, 2.45) is 11.7 Å². The van der Waals surface area contributed by atoms with Gasteiger partial charge in [0.05, 0.1) is 12.7 Å². The Kier molecular flexibility index (Phi) is 3.52. The van der Waals surface area contributed by atoms with Crippen molar-refractivity contribution >= 4 is 5.97 Å². The lowest BCUT2D eigenvalue weighted by molar-refractivity contribution is -0.148. The molecule has 0 amide bonds. The number of hydrogen-bond donors (Lipinski definition) is 2. The molecule has 20 heavy (non-hydrogen) atoms.